The molecule has 1 atom stereocenters. The molecule has 1 aliphatic heterocycles. The van der Waals surface area contributed by atoms with Gasteiger partial charge >= 0.3 is 5.97 Å². The highest BCUT2D eigenvalue weighted by molar-refractivity contribution is 5.86. The van der Waals surface area contributed by atoms with Gasteiger partial charge in [0.25, 0.3) is 0 Å². The monoisotopic (exact) mass is 469 g/mol. The van der Waals surface area contributed by atoms with E-state index in [1.165, 1.54) is 6.20 Å². The molecule has 1 fully saturated rings. The lowest BCUT2D eigenvalue weighted by Crippen LogP contribution is -2.39. The third-order valence-corrected chi connectivity index (χ3v) is 6.35. The van der Waals surface area contributed by atoms with E-state index in [-0.39, 0.29) is 17.3 Å². The van der Waals surface area contributed by atoms with Crippen molar-refractivity contribution in [2.75, 3.05) is 24.6 Å². The van der Waals surface area contributed by atoms with Crippen molar-refractivity contribution in [3.8, 4) is 17.0 Å². The standard InChI is InChI=1S/C27H39N3O4/c1-7-8-15-33-25(26(32)34-18(2)3)23-19(4)28-17-21(22-10-9-20(31)16-29-22)24(23)30-13-11-27(5,6)12-14-30/h9-10,16-18,25,31H,7-8,11-15H2,1-6H3/t25-/m0/s1. The van der Waals surface area contributed by atoms with E-state index in [9.17, 15) is 9.90 Å². The summed E-state index contributed by atoms with van der Waals surface area (Å²) in [7, 11) is 0. The first-order chi connectivity index (χ1) is 16.1. The van der Waals surface area contributed by atoms with Gasteiger partial charge in [0.2, 0.25) is 0 Å². The summed E-state index contributed by atoms with van der Waals surface area (Å²) in [5.41, 5.74) is 4.18. The second-order valence-corrected chi connectivity index (χ2v) is 10.2. The van der Waals surface area contributed by atoms with Crippen molar-refractivity contribution in [2.24, 2.45) is 5.41 Å². The number of rotatable bonds is 9. The molecule has 0 unspecified atom stereocenters. The fourth-order valence-electron chi connectivity index (χ4n) is 4.24. The quantitative estimate of drug-likeness (QED) is 0.378. The normalized spacial score (nSPS) is 16.5. The number of carbonyl (C=O) groups excluding carboxylic acids is 1. The van der Waals surface area contributed by atoms with E-state index in [1.54, 1.807) is 12.1 Å². The first kappa shape index (κ1) is 25.9. The molecule has 2 aromatic rings. The van der Waals surface area contributed by atoms with Crippen molar-refractivity contribution < 1.29 is 19.4 Å². The molecule has 3 rings (SSSR count). The van der Waals surface area contributed by atoms with Gasteiger partial charge in [0.15, 0.2) is 6.10 Å². The van der Waals surface area contributed by atoms with Crippen LogP contribution in [0.1, 0.15) is 77.7 Å². The minimum Gasteiger partial charge on any atom is -0.506 e. The minimum atomic E-state index is -0.872. The van der Waals surface area contributed by atoms with Crippen molar-refractivity contribution in [2.45, 2.75) is 79.4 Å². The Balaban J connectivity index is 2.17. The van der Waals surface area contributed by atoms with E-state index in [2.05, 4.69) is 35.6 Å². The first-order valence-electron chi connectivity index (χ1n) is 12.3. The van der Waals surface area contributed by atoms with Crippen molar-refractivity contribution in [1.29, 1.82) is 0 Å². The van der Waals surface area contributed by atoms with E-state index in [0.717, 1.165) is 61.3 Å². The lowest BCUT2D eigenvalue weighted by molar-refractivity contribution is -0.161. The molecule has 7 nitrogen and oxygen atoms in total. The van der Waals surface area contributed by atoms with Crippen molar-refractivity contribution in [1.82, 2.24) is 9.97 Å². The molecule has 0 spiro atoms. The van der Waals surface area contributed by atoms with Gasteiger partial charge in [0, 0.05) is 42.7 Å². The number of hydrogen-bond acceptors (Lipinski definition) is 7. The summed E-state index contributed by atoms with van der Waals surface area (Å²) in [4.78, 5) is 24.7. The molecule has 1 saturated heterocycles. The summed E-state index contributed by atoms with van der Waals surface area (Å²) in [6.45, 7) is 14.5. The summed E-state index contributed by atoms with van der Waals surface area (Å²) in [5, 5.41) is 9.77. The van der Waals surface area contributed by atoms with Crippen molar-refractivity contribution in [3.63, 3.8) is 0 Å². The Kier molecular flexibility index (Phi) is 8.52. The summed E-state index contributed by atoms with van der Waals surface area (Å²) >= 11 is 0. The number of aromatic nitrogens is 2. The molecule has 2 aromatic heterocycles. The Bertz CT molecular complexity index is 963. The average Bonchev–Trinajstić information content (AvgIpc) is 2.77. The van der Waals surface area contributed by atoms with Crippen LogP contribution in [0, 0.1) is 12.3 Å². The Morgan fingerprint density at radius 1 is 1.18 bits per heavy atom. The molecular weight excluding hydrogens is 430 g/mol. The summed E-state index contributed by atoms with van der Waals surface area (Å²) in [5.74, 6) is -0.294. The number of nitrogens with zero attached hydrogens (tertiary/aromatic N) is 3. The molecule has 0 saturated carbocycles. The number of anilines is 1. The molecule has 0 amide bonds. The van der Waals surface area contributed by atoms with E-state index >= 15 is 0 Å². The average molecular weight is 470 g/mol. The zero-order chi connectivity index (χ0) is 24.9. The second kappa shape index (κ2) is 11.2. The molecule has 34 heavy (non-hydrogen) atoms. The van der Waals surface area contributed by atoms with Crippen LogP contribution in [0.25, 0.3) is 11.3 Å². The van der Waals surface area contributed by atoms with Crippen LogP contribution >= 0.6 is 0 Å². The molecule has 0 bridgehead atoms. The van der Waals surface area contributed by atoms with Gasteiger partial charge in [0.05, 0.1) is 23.7 Å². The van der Waals surface area contributed by atoms with Crippen LogP contribution < -0.4 is 4.90 Å². The Labute approximate surface area is 203 Å². The van der Waals surface area contributed by atoms with Gasteiger partial charge in [-0.2, -0.15) is 0 Å². The predicted molar refractivity (Wildman–Crippen MR) is 134 cm³/mol. The maximum atomic E-state index is 13.3. The summed E-state index contributed by atoms with van der Waals surface area (Å²) in [6.07, 6.45) is 6.01. The maximum Gasteiger partial charge on any atom is 0.340 e. The molecule has 7 heteroatoms. The SMILES string of the molecule is CCCCO[C@H](C(=O)OC(C)C)c1c(C)ncc(-c2ccc(O)cn2)c1N1CCC(C)(C)CC1. The van der Waals surface area contributed by atoms with Gasteiger partial charge in [-0.1, -0.05) is 27.2 Å². The number of hydrogen-bond donors (Lipinski definition) is 1. The maximum absolute atomic E-state index is 13.3. The predicted octanol–water partition coefficient (Wildman–Crippen LogP) is 5.59. The molecule has 0 radical (unpaired) electrons. The largest absolute Gasteiger partial charge is 0.506 e. The van der Waals surface area contributed by atoms with Crippen molar-refractivity contribution in [3.05, 3.63) is 35.8 Å². The Morgan fingerprint density at radius 3 is 2.47 bits per heavy atom. The molecular formula is C27H39N3O4. The lowest BCUT2D eigenvalue weighted by atomic mass is 9.82. The highest BCUT2D eigenvalue weighted by atomic mass is 16.6. The highest BCUT2D eigenvalue weighted by Gasteiger charge is 2.35. The minimum absolute atomic E-state index is 0.103. The third kappa shape index (κ3) is 6.26. The fourth-order valence-corrected chi connectivity index (χ4v) is 4.24. The summed E-state index contributed by atoms with van der Waals surface area (Å²) in [6, 6.07) is 3.40. The fraction of sp³-hybridized carbons (Fsp3) is 0.593. The zero-order valence-corrected chi connectivity index (χ0v) is 21.4. The van der Waals surface area contributed by atoms with Crippen LogP contribution in [0.15, 0.2) is 24.5 Å². The number of unbranched alkanes of at least 4 members (excludes halogenated alkanes) is 1. The smallest absolute Gasteiger partial charge is 0.340 e. The van der Waals surface area contributed by atoms with Gasteiger partial charge in [-0.3, -0.25) is 9.97 Å². The van der Waals surface area contributed by atoms with Gasteiger partial charge in [0.1, 0.15) is 5.75 Å². The molecule has 186 valence electrons. The number of carbonyl (C=O) groups is 1. The van der Waals surface area contributed by atoms with Gasteiger partial charge < -0.3 is 19.5 Å². The number of aromatic hydroxyl groups is 1. The second-order valence-electron chi connectivity index (χ2n) is 10.2. The van der Waals surface area contributed by atoms with Crippen molar-refractivity contribution >= 4 is 11.7 Å². The van der Waals surface area contributed by atoms with Gasteiger partial charge in [-0.05, 0) is 57.6 Å². The number of esters is 1. The summed E-state index contributed by atoms with van der Waals surface area (Å²) < 4.78 is 11.8. The van der Waals surface area contributed by atoms with Crippen LogP contribution in [0.2, 0.25) is 0 Å². The molecule has 0 aromatic carbocycles. The topological polar surface area (TPSA) is 84.8 Å². The zero-order valence-electron chi connectivity index (χ0n) is 21.4. The van der Waals surface area contributed by atoms with E-state index < -0.39 is 12.1 Å². The molecule has 1 aliphatic rings. The van der Waals surface area contributed by atoms with Crippen LogP contribution in [0.4, 0.5) is 5.69 Å². The molecule has 0 aliphatic carbocycles. The molecule has 1 N–H and O–H groups in total. The van der Waals surface area contributed by atoms with E-state index in [4.69, 9.17) is 9.47 Å². The van der Waals surface area contributed by atoms with Crippen LogP contribution in [0.3, 0.4) is 0 Å². The van der Waals surface area contributed by atoms with E-state index in [1.807, 2.05) is 27.0 Å². The number of ether oxygens (including phenoxy) is 2. The number of pyridine rings is 2. The highest BCUT2D eigenvalue weighted by Crippen LogP contribution is 2.42. The Hall–Kier alpha value is -2.67. The number of piperidine rings is 1. The van der Waals surface area contributed by atoms with Gasteiger partial charge in [-0.15, -0.1) is 0 Å². The first-order valence-corrected chi connectivity index (χ1v) is 12.3. The molecule has 3 heterocycles. The van der Waals surface area contributed by atoms with Crippen LogP contribution in [-0.2, 0) is 14.3 Å². The Morgan fingerprint density at radius 2 is 1.88 bits per heavy atom. The lowest BCUT2D eigenvalue weighted by Gasteiger charge is -2.40. The van der Waals surface area contributed by atoms with Gasteiger partial charge in [-0.25, -0.2) is 4.79 Å². The van der Waals surface area contributed by atoms with E-state index in [0.29, 0.717) is 12.3 Å². The number of aryl methyl sites for hydroxylation is 1. The third-order valence-electron chi connectivity index (χ3n) is 6.35. The van der Waals surface area contributed by atoms with Crippen LogP contribution in [0.5, 0.6) is 5.75 Å². The van der Waals surface area contributed by atoms with Crippen LogP contribution in [-0.4, -0.2) is 46.8 Å².